The minimum absolute atomic E-state index is 0.147. The topological polar surface area (TPSA) is 48.3 Å². The van der Waals surface area contributed by atoms with Crippen LogP contribution in [0.5, 0.6) is 0 Å². The summed E-state index contributed by atoms with van der Waals surface area (Å²) in [5, 5.41) is 0.399. The van der Waals surface area contributed by atoms with Crippen molar-refractivity contribution >= 4 is 17.6 Å². The van der Waals surface area contributed by atoms with E-state index < -0.39 is 5.97 Å². The molecule has 98 valence electrons. The Labute approximate surface area is 115 Å². The Balaban J connectivity index is 1.95. The molecule has 0 fully saturated rings. The van der Waals surface area contributed by atoms with Gasteiger partial charge in [-0.1, -0.05) is 41.9 Å². The van der Waals surface area contributed by atoms with Crippen molar-refractivity contribution in [3.63, 3.8) is 0 Å². The van der Waals surface area contributed by atoms with Gasteiger partial charge in [0, 0.05) is 12.3 Å². The third-order valence-corrected chi connectivity index (χ3v) is 2.71. The van der Waals surface area contributed by atoms with Gasteiger partial charge in [0.15, 0.2) is 0 Å². The van der Waals surface area contributed by atoms with Gasteiger partial charge in [-0.25, -0.2) is 0 Å². The van der Waals surface area contributed by atoms with Crippen molar-refractivity contribution in [1.82, 2.24) is 4.57 Å². The average molecular weight is 278 g/mol. The van der Waals surface area contributed by atoms with Crippen molar-refractivity contribution in [3.05, 3.63) is 69.6 Å². The first kappa shape index (κ1) is 13.4. The minimum atomic E-state index is -0.479. The van der Waals surface area contributed by atoms with Crippen molar-refractivity contribution in [2.75, 3.05) is 0 Å². The fourth-order valence-electron chi connectivity index (χ4n) is 1.55. The molecule has 0 saturated heterocycles. The van der Waals surface area contributed by atoms with Crippen LogP contribution in [0.3, 0.4) is 0 Å². The van der Waals surface area contributed by atoms with E-state index >= 15 is 0 Å². The van der Waals surface area contributed by atoms with Gasteiger partial charge in [-0.05, 0) is 11.6 Å². The quantitative estimate of drug-likeness (QED) is 0.806. The molecule has 0 spiro atoms. The lowest BCUT2D eigenvalue weighted by Crippen LogP contribution is -2.24. The van der Waals surface area contributed by atoms with E-state index in [2.05, 4.69) is 0 Å². The van der Waals surface area contributed by atoms with Crippen molar-refractivity contribution < 1.29 is 9.53 Å². The third kappa shape index (κ3) is 3.96. The molecule has 4 nitrogen and oxygen atoms in total. The summed E-state index contributed by atoms with van der Waals surface area (Å²) in [7, 11) is 0. The molecule has 2 aromatic rings. The minimum Gasteiger partial charge on any atom is -0.459 e. The maximum absolute atomic E-state index is 11.6. The van der Waals surface area contributed by atoms with Crippen LogP contribution in [0.2, 0.25) is 5.02 Å². The Hall–Kier alpha value is -2.07. The molecule has 19 heavy (non-hydrogen) atoms. The number of hydrogen-bond acceptors (Lipinski definition) is 3. The van der Waals surface area contributed by atoms with E-state index in [1.54, 1.807) is 0 Å². The van der Waals surface area contributed by atoms with Gasteiger partial charge in [-0.2, -0.15) is 0 Å². The summed E-state index contributed by atoms with van der Waals surface area (Å²) < 4.78 is 6.30. The predicted molar refractivity (Wildman–Crippen MR) is 72.0 cm³/mol. The first-order chi connectivity index (χ1) is 9.15. The number of carbonyl (C=O) groups is 1. The number of nitrogens with zero attached hydrogens (tertiary/aromatic N) is 1. The normalized spacial score (nSPS) is 10.2. The zero-order valence-electron chi connectivity index (χ0n) is 10.1. The van der Waals surface area contributed by atoms with E-state index in [1.807, 2.05) is 30.3 Å². The molecule has 1 aromatic carbocycles. The highest BCUT2D eigenvalue weighted by molar-refractivity contribution is 6.30. The van der Waals surface area contributed by atoms with Crippen LogP contribution in [0.25, 0.3) is 0 Å². The van der Waals surface area contributed by atoms with Gasteiger partial charge >= 0.3 is 5.97 Å². The number of benzene rings is 1. The zero-order valence-corrected chi connectivity index (χ0v) is 10.8. The first-order valence-corrected chi connectivity index (χ1v) is 6.08. The number of carbonyl (C=O) groups excluding carboxylic acids is 1. The molecule has 0 unspecified atom stereocenters. The molecule has 0 N–H and O–H groups in total. The van der Waals surface area contributed by atoms with E-state index in [9.17, 15) is 9.59 Å². The highest BCUT2D eigenvalue weighted by atomic mass is 35.5. The summed E-state index contributed by atoms with van der Waals surface area (Å²) in [5.74, 6) is -0.479. The van der Waals surface area contributed by atoms with Gasteiger partial charge in [0.2, 0.25) is 0 Å². The summed E-state index contributed by atoms with van der Waals surface area (Å²) in [4.78, 5) is 23.1. The van der Waals surface area contributed by atoms with Crippen LogP contribution in [0.1, 0.15) is 5.56 Å². The first-order valence-electron chi connectivity index (χ1n) is 5.71. The van der Waals surface area contributed by atoms with Crippen molar-refractivity contribution in [2.24, 2.45) is 0 Å². The van der Waals surface area contributed by atoms with Gasteiger partial charge < -0.3 is 9.30 Å². The predicted octanol–water partition coefficient (Wildman–Crippen LogP) is 2.25. The largest absolute Gasteiger partial charge is 0.459 e. The second kappa shape index (κ2) is 6.20. The maximum Gasteiger partial charge on any atom is 0.326 e. The number of rotatable bonds is 4. The van der Waals surface area contributed by atoms with E-state index in [0.717, 1.165) is 5.56 Å². The average Bonchev–Trinajstić information content (AvgIpc) is 2.42. The summed E-state index contributed by atoms with van der Waals surface area (Å²) in [6.45, 7) is 0.0429. The van der Waals surface area contributed by atoms with Crippen LogP contribution in [0.15, 0.2) is 53.5 Å². The zero-order chi connectivity index (χ0) is 13.7. The van der Waals surface area contributed by atoms with Crippen molar-refractivity contribution in [1.29, 1.82) is 0 Å². The molecule has 0 saturated carbocycles. The van der Waals surface area contributed by atoms with Gasteiger partial charge in [0.1, 0.15) is 13.2 Å². The number of hydrogen-bond donors (Lipinski definition) is 0. The van der Waals surface area contributed by atoms with Gasteiger partial charge in [-0.3, -0.25) is 9.59 Å². The summed E-state index contributed by atoms with van der Waals surface area (Å²) in [6, 6.07) is 12.1. The fourth-order valence-corrected chi connectivity index (χ4v) is 1.73. The van der Waals surface area contributed by atoms with Crippen molar-refractivity contribution in [2.45, 2.75) is 13.2 Å². The summed E-state index contributed by atoms with van der Waals surface area (Å²) in [5.41, 5.74) is 0.607. The lowest BCUT2D eigenvalue weighted by atomic mass is 10.2. The Morgan fingerprint density at radius 1 is 1.16 bits per heavy atom. The van der Waals surface area contributed by atoms with E-state index in [0.29, 0.717) is 5.02 Å². The van der Waals surface area contributed by atoms with E-state index in [-0.39, 0.29) is 18.7 Å². The highest BCUT2D eigenvalue weighted by Crippen LogP contribution is 2.04. The smallest absolute Gasteiger partial charge is 0.326 e. The van der Waals surface area contributed by atoms with Gasteiger partial charge in [0.25, 0.3) is 5.56 Å². The molecule has 0 radical (unpaired) electrons. The molecule has 0 aliphatic carbocycles. The van der Waals surface area contributed by atoms with Crippen LogP contribution in [-0.4, -0.2) is 10.5 Å². The lowest BCUT2D eigenvalue weighted by Gasteiger charge is -2.07. The molecule has 0 aliphatic rings. The SMILES string of the molecule is O=C(Cn1cc(Cl)ccc1=O)OCc1ccccc1. The standard InChI is InChI=1S/C14H12ClNO3/c15-12-6-7-13(17)16(8-12)9-14(18)19-10-11-4-2-1-3-5-11/h1-8H,9-10H2. The molecular formula is C14H12ClNO3. The second-order valence-corrected chi connectivity index (χ2v) is 4.40. The fraction of sp³-hybridized carbons (Fsp3) is 0.143. The molecule has 0 bridgehead atoms. The number of ether oxygens (including phenoxy) is 1. The Kier molecular flexibility index (Phi) is 4.36. The van der Waals surface area contributed by atoms with Crippen LogP contribution < -0.4 is 5.56 Å². The summed E-state index contributed by atoms with van der Waals surface area (Å²) >= 11 is 5.76. The van der Waals surface area contributed by atoms with E-state index in [1.165, 1.54) is 22.9 Å². The second-order valence-electron chi connectivity index (χ2n) is 3.96. The molecule has 0 aliphatic heterocycles. The third-order valence-electron chi connectivity index (χ3n) is 2.49. The molecular weight excluding hydrogens is 266 g/mol. The highest BCUT2D eigenvalue weighted by Gasteiger charge is 2.06. The summed E-state index contributed by atoms with van der Waals surface area (Å²) in [6.07, 6.45) is 1.41. The Bertz CT molecular complexity index is 622. The molecule has 1 heterocycles. The molecule has 5 heteroatoms. The number of halogens is 1. The van der Waals surface area contributed by atoms with Gasteiger partial charge in [0.05, 0.1) is 5.02 Å². The lowest BCUT2D eigenvalue weighted by molar-refractivity contribution is -0.145. The molecule has 0 atom stereocenters. The van der Waals surface area contributed by atoms with Crippen LogP contribution in [-0.2, 0) is 22.7 Å². The van der Waals surface area contributed by atoms with Crippen LogP contribution >= 0.6 is 11.6 Å². The number of esters is 1. The molecule has 0 amide bonds. The van der Waals surface area contributed by atoms with Gasteiger partial charge in [-0.15, -0.1) is 0 Å². The Morgan fingerprint density at radius 2 is 1.89 bits per heavy atom. The monoisotopic (exact) mass is 277 g/mol. The van der Waals surface area contributed by atoms with Crippen LogP contribution in [0, 0.1) is 0 Å². The number of aromatic nitrogens is 1. The van der Waals surface area contributed by atoms with Crippen LogP contribution in [0.4, 0.5) is 0 Å². The number of pyridine rings is 1. The van der Waals surface area contributed by atoms with E-state index in [4.69, 9.17) is 16.3 Å². The molecule has 2 rings (SSSR count). The van der Waals surface area contributed by atoms with Crippen molar-refractivity contribution in [3.8, 4) is 0 Å². The Morgan fingerprint density at radius 3 is 2.63 bits per heavy atom. The maximum atomic E-state index is 11.6. The molecule has 1 aromatic heterocycles.